The minimum Gasteiger partial charge on any atom is -0.497 e. The molecule has 1 aromatic rings. The predicted octanol–water partition coefficient (Wildman–Crippen LogP) is 2.91. The lowest BCUT2D eigenvalue weighted by Gasteiger charge is -2.07. The Morgan fingerprint density at radius 3 is 3.06 bits per heavy atom. The molecule has 0 spiro atoms. The maximum atomic E-state index is 5.64. The molecule has 0 atom stereocenters. The molecule has 0 saturated carbocycles. The lowest BCUT2D eigenvalue weighted by Crippen LogP contribution is -2.01. The van der Waals surface area contributed by atoms with E-state index < -0.39 is 0 Å². The van der Waals surface area contributed by atoms with Gasteiger partial charge in [0.15, 0.2) is 0 Å². The molecule has 0 bridgehead atoms. The molecule has 1 aliphatic heterocycles. The molecule has 0 aromatic heterocycles. The standard InChI is InChI=1S/C12H15NO2S2/c1-14-10-3-2-4-11(9-10)15-6-8-17-12-13-5-7-16-12/h2-4,9H,5-8H2,1H3. The van der Waals surface area contributed by atoms with Crippen LogP contribution in [0, 0.1) is 0 Å². The van der Waals surface area contributed by atoms with E-state index >= 15 is 0 Å². The Hall–Kier alpha value is -0.810. The first-order valence-corrected chi connectivity index (χ1v) is 7.42. The van der Waals surface area contributed by atoms with Crippen LogP contribution in [0.25, 0.3) is 0 Å². The van der Waals surface area contributed by atoms with Gasteiger partial charge in [0.05, 0.1) is 20.3 Å². The number of methoxy groups -OCH3 is 1. The average molecular weight is 269 g/mol. The number of rotatable bonds is 5. The van der Waals surface area contributed by atoms with Crippen molar-refractivity contribution in [3.8, 4) is 11.5 Å². The third-order valence-corrected chi connectivity index (χ3v) is 4.39. The second-order valence-corrected chi connectivity index (χ2v) is 5.80. The molecule has 0 N–H and O–H groups in total. The van der Waals surface area contributed by atoms with Gasteiger partial charge in [-0.05, 0) is 12.1 Å². The van der Waals surface area contributed by atoms with E-state index in [0.717, 1.165) is 29.5 Å². The number of aliphatic imine (C=N–C) groups is 1. The van der Waals surface area contributed by atoms with Crippen molar-refractivity contribution < 1.29 is 9.47 Å². The van der Waals surface area contributed by atoms with Gasteiger partial charge in [-0.1, -0.05) is 29.6 Å². The predicted molar refractivity (Wildman–Crippen MR) is 75.7 cm³/mol. The summed E-state index contributed by atoms with van der Waals surface area (Å²) in [5, 5.41) is 0. The van der Waals surface area contributed by atoms with Gasteiger partial charge in [-0.15, -0.1) is 0 Å². The molecular weight excluding hydrogens is 254 g/mol. The van der Waals surface area contributed by atoms with Gasteiger partial charge in [0.2, 0.25) is 0 Å². The van der Waals surface area contributed by atoms with E-state index in [1.165, 1.54) is 4.38 Å². The smallest absolute Gasteiger partial charge is 0.124 e. The lowest BCUT2D eigenvalue weighted by atomic mass is 10.3. The van der Waals surface area contributed by atoms with Crippen LogP contribution >= 0.6 is 23.5 Å². The van der Waals surface area contributed by atoms with E-state index in [1.807, 2.05) is 36.0 Å². The van der Waals surface area contributed by atoms with Crippen LogP contribution in [0.2, 0.25) is 0 Å². The zero-order valence-electron chi connectivity index (χ0n) is 9.72. The Balaban J connectivity index is 1.70. The molecule has 1 aromatic carbocycles. The third kappa shape index (κ3) is 4.16. The van der Waals surface area contributed by atoms with E-state index in [2.05, 4.69) is 4.99 Å². The average Bonchev–Trinajstić information content (AvgIpc) is 2.88. The van der Waals surface area contributed by atoms with Gasteiger partial charge in [-0.25, -0.2) is 0 Å². The maximum Gasteiger partial charge on any atom is 0.124 e. The van der Waals surface area contributed by atoms with Crippen LogP contribution < -0.4 is 9.47 Å². The Kier molecular flexibility index (Phi) is 5.07. The molecule has 0 saturated heterocycles. The highest BCUT2D eigenvalue weighted by molar-refractivity contribution is 8.39. The lowest BCUT2D eigenvalue weighted by molar-refractivity contribution is 0.340. The SMILES string of the molecule is COc1cccc(OCCSC2=NCCS2)c1. The highest BCUT2D eigenvalue weighted by atomic mass is 32.2. The fourth-order valence-corrected chi connectivity index (χ4v) is 3.28. The fraction of sp³-hybridized carbons (Fsp3) is 0.417. The molecule has 3 nitrogen and oxygen atoms in total. The van der Waals surface area contributed by atoms with Crippen molar-refractivity contribution in [1.29, 1.82) is 0 Å². The molecule has 0 amide bonds. The number of benzene rings is 1. The molecule has 92 valence electrons. The monoisotopic (exact) mass is 269 g/mol. The summed E-state index contributed by atoms with van der Waals surface area (Å²) in [4.78, 5) is 4.37. The van der Waals surface area contributed by atoms with Gasteiger partial charge in [0.1, 0.15) is 15.9 Å². The highest BCUT2D eigenvalue weighted by Gasteiger charge is 2.07. The molecule has 1 heterocycles. The molecule has 0 aliphatic carbocycles. The van der Waals surface area contributed by atoms with E-state index in [1.54, 1.807) is 18.9 Å². The van der Waals surface area contributed by atoms with Crippen LogP contribution in [0.3, 0.4) is 0 Å². The van der Waals surface area contributed by atoms with Gasteiger partial charge >= 0.3 is 0 Å². The molecule has 0 unspecified atom stereocenters. The molecule has 17 heavy (non-hydrogen) atoms. The number of thioether (sulfide) groups is 2. The van der Waals surface area contributed by atoms with Crippen molar-refractivity contribution in [2.45, 2.75) is 0 Å². The molecule has 0 radical (unpaired) electrons. The summed E-state index contributed by atoms with van der Waals surface area (Å²) >= 11 is 3.60. The second kappa shape index (κ2) is 6.81. The topological polar surface area (TPSA) is 30.8 Å². The van der Waals surface area contributed by atoms with Gasteiger partial charge in [0, 0.05) is 17.6 Å². The van der Waals surface area contributed by atoms with Crippen LogP contribution in [0.1, 0.15) is 0 Å². The summed E-state index contributed by atoms with van der Waals surface area (Å²) in [6.45, 7) is 1.65. The Morgan fingerprint density at radius 1 is 1.41 bits per heavy atom. The molecule has 1 aliphatic rings. The van der Waals surface area contributed by atoms with Gasteiger partial charge in [-0.2, -0.15) is 0 Å². The normalized spacial score (nSPS) is 14.5. The van der Waals surface area contributed by atoms with Crippen molar-refractivity contribution in [2.75, 3.05) is 31.8 Å². The summed E-state index contributed by atoms with van der Waals surface area (Å²) in [5.74, 6) is 3.74. The minimum absolute atomic E-state index is 0.692. The third-order valence-electron chi connectivity index (χ3n) is 2.18. The van der Waals surface area contributed by atoms with Gasteiger partial charge in [0.25, 0.3) is 0 Å². The van der Waals surface area contributed by atoms with Gasteiger partial charge < -0.3 is 9.47 Å². The maximum absolute atomic E-state index is 5.64. The largest absolute Gasteiger partial charge is 0.497 e. The molecule has 5 heteroatoms. The highest BCUT2D eigenvalue weighted by Crippen LogP contribution is 2.22. The second-order valence-electron chi connectivity index (χ2n) is 3.37. The van der Waals surface area contributed by atoms with Crippen molar-refractivity contribution in [2.24, 2.45) is 4.99 Å². The number of hydrogen-bond acceptors (Lipinski definition) is 5. The Bertz CT molecular complexity index is 396. The zero-order valence-corrected chi connectivity index (χ0v) is 11.4. The summed E-state index contributed by atoms with van der Waals surface area (Å²) in [7, 11) is 1.66. The van der Waals surface area contributed by atoms with Crippen molar-refractivity contribution >= 4 is 27.9 Å². The first-order chi connectivity index (χ1) is 8.38. The zero-order chi connectivity index (χ0) is 11.9. The van der Waals surface area contributed by atoms with Gasteiger partial charge in [-0.3, -0.25) is 4.99 Å². The van der Waals surface area contributed by atoms with Crippen LogP contribution in [0.5, 0.6) is 11.5 Å². The Labute approximate surface area is 110 Å². The summed E-state index contributed by atoms with van der Waals surface area (Å²) < 4.78 is 12.0. The van der Waals surface area contributed by atoms with Crippen LogP contribution in [-0.2, 0) is 0 Å². The van der Waals surface area contributed by atoms with Crippen molar-refractivity contribution in [3.63, 3.8) is 0 Å². The molecule has 2 rings (SSSR count). The fourth-order valence-electron chi connectivity index (χ4n) is 1.38. The summed E-state index contributed by atoms with van der Waals surface area (Å²) in [6, 6.07) is 7.67. The van der Waals surface area contributed by atoms with E-state index in [0.29, 0.717) is 6.61 Å². The molecular formula is C12H15NO2S2. The summed E-state index contributed by atoms with van der Waals surface area (Å²) in [5.41, 5.74) is 0. The van der Waals surface area contributed by atoms with Crippen molar-refractivity contribution in [3.05, 3.63) is 24.3 Å². The number of hydrogen-bond donors (Lipinski definition) is 0. The number of ether oxygens (including phenoxy) is 2. The first-order valence-electron chi connectivity index (χ1n) is 5.45. The van der Waals surface area contributed by atoms with E-state index in [9.17, 15) is 0 Å². The molecule has 0 fully saturated rings. The van der Waals surface area contributed by atoms with E-state index in [-0.39, 0.29) is 0 Å². The summed E-state index contributed by atoms with van der Waals surface area (Å²) in [6.07, 6.45) is 0. The van der Waals surface area contributed by atoms with E-state index in [4.69, 9.17) is 9.47 Å². The van der Waals surface area contributed by atoms with Crippen LogP contribution in [0.4, 0.5) is 0 Å². The van der Waals surface area contributed by atoms with Crippen molar-refractivity contribution in [1.82, 2.24) is 0 Å². The Morgan fingerprint density at radius 2 is 2.29 bits per heavy atom. The minimum atomic E-state index is 0.692. The van der Waals surface area contributed by atoms with Crippen LogP contribution in [0.15, 0.2) is 29.3 Å². The quantitative estimate of drug-likeness (QED) is 0.769. The van der Waals surface area contributed by atoms with Crippen LogP contribution in [-0.4, -0.2) is 36.1 Å². The number of nitrogens with zero attached hydrogens (tertiary/aromatic N) is 1. The first kappa shape index (κ1) is 12.6.